The van der Waals surface area contributed by atoms with Gasteiger partial charge in [-0.15, -0.1) is 11.3 Å². The number of rotatable bonds is 4. The Balaban J connectivity index is 1.46. The summed E-state index contributed by atoms with van der Waals surface area (Å²) in [5.74, 6) is -0.657. The van der Waals surface area contributed by atoms with Crippen molar-refractivity contribution in [2.24, 2.45) is 5.92 Å². The third-order valence-electron chi connectivity index (χ3n) is 4.36. The molecule has 6 nitrogen and oxygen atoms in total. The van der Waals surface area contributed by atoms with Crippen molar-refractivity contribution in [3.8, 4) is 0 Å². The zero-order valence-electron chi connectivity index (χ0n) is 14.8. The summed E-state index contributed by atoms with van der Waals surface area (Å²) in [6.45, 7) is 1.95. The van der Waals surface area contributed by atoms with Crippen LogP contribution in [-0.4, -0.2) is 24.3 Å². The van der Waals surface area contributed by atoms with Crippen LogP contribution in [0.2, 0.25) is 5.02 Å². The van der Waals surface area contributed by atoms with E-state index >= 15 is 0 Å². The summed E-state index contributed by atoms with van der Waals surface area (Å²) < 4.78 is 0. The number of benzene rings is 1. The number of fused-ring (bicyclic) bond motifs is 1. The Hall–Kier alpha value is -2.38. The van der Waals surface area contributed by atoms with Gasteiger partial charge in [0.1, 0.15) is 0 Å². The first-order valence-electron chi connectivity index (χ1n) is 8.67. The Labute approximate surface area is 166 Å². The van der Waals surface area contributed by atoms with Crippen LogP contribution < -0.4 is 16.2 Å². The monoisotopic (exact) mass is 405 g/mol. The van der Waals surface area contributed by atoms with Crippen molar-refractivity contribution in [3.63, 3.8) is 0 Å². The minimum atomic E-state index is -0.520. The summed E-state index contributed by atoms with van der Waals surface area (Å²) in [6, 6.07) is 8.32. The zero-order chi connectivity index (χ0) is 19.4. The molecule has 3 rings (SSSR count). The van der Waals surface area contributed by atoms with E-state index < -0.39 is 11.8 Å². The van der Waals surface area contributed by atoms with Crippen LogP contribution in [-0.2, 0) is 17.6 Å². The third-order valence-corrected chi connectivity index (χ3v) is 5.84. The molecule has 0 saturated heterocycles. The lowest BCUT2D eigenvalue weighted by Gasteiger charge is -2.16. The second kappa shape index (κ2) is 8.54. The molecule has 2 aromatic rings. The lowest BCUT2D eigenvalue weighted by molar-refractivity contribution is -0.120. The van der Waals surface area contributed by atoms with Gasteiger partial charge in [-0.3, -0.25) is 25.2 Å². The van der Waals surface area contributed by atoms with E-state index in [9.17, 15) is 14.4 Å². The molecule has 1 aliphatic carbocycles. The fraction of sp³-hybridized carbons (Fsp3) is 0.316. The molecule has 8 heteroatoms. The van der Waals surface area contributed by atoms with E-state index in [1.54, 1.807) is 18.2 Å². The van der Waals surface area contributed by atoms with Gasteiger partial charge in [-0.2, -0.15) is 0 Å². The molecule has 1 aromatic heterocycles. The van der Waals surface area contributed by atoms with E-state index in [0.29, 0.717) is 21.4 Å². The van der Waals surface area contributed by atoms with E-state index in [-0.39, 0.29) is 12.5 Å². The van der Waals surface area contributed by atoms with Gasteiger partial charge in [-0.1, -0.05) is 24.6 Å². The molecular formula is C19H20ClN3O3S. The maximum absolute atomic E-state index is 12.2. The fourth-order valence-corrected chi connectivity index (χ4v) is 4.24. The standard InChI is InChI=1S/C19H20ClN3O3S/c1-11-5-6-15-13(7-11)9-16(27-15)19(26)23-22-17(24)10-21-18(25)12-3-2-4-14(20)8-12/h2-4,8-9,11H,5-7,10H2,1H3,(H,21,25)(H,22,24)(H,23,26). The van der Waals surface area contributed by atoms with Gasteiger partial charge in [-0.05, 0) is 55.0 Å². The summed E-state index contributed by atoms with van der Waals surface area (Å²) in [4.78, 5) is 37.9. The third kappa shape index (κ3) is 5.08. The lowest BCUT2D eigenvalue weighted by atomic mass is 9.90. The van der Waals surface area contributed by atoms with Crippen LogP contribution in [0.5, 0.6) is 0 Å². The van der Waals surface area contributed by atoms with E-state index in [4.69, 9.17) is 11.6 Å². The van der Waals surface area contributed by atoms with Gasteiger partial charge in [0.2, 0.25) is 0 Å². The second-order valence-electron chi connectivity index (χ2n) is 6.60. The molecule has 0 aliphatic heterocycles. The fourth-order valence-electron chi connectivity index (χ4n) is 2.94. The molecule has 0 spiro atoms. The first-order valence-corrected chi connectivity index (χ1v) is 9.86. The number of hydrazine groups is 1. The van der Waals surface area contributed by atoms with Crippen LogP contribution >= 0.6 is 22.9 Å². The average molecular weight is 406 g/mol. The Morgan fingerprint density at radius 2 is 2.00 bits per heavy atom. The van der Waals surface area contributed by atoms with Crippen molar-refractivity contribution >= 4 is 40.7 Å². The minimum absolute atomic E-state index is 0.260. The van der Waals surface area contributed by atoms with Crippen LogP contribution in [0.1, 0.15) is 43.8 Å². The largest absolute Gasteiger partial charge is 0.343 e. The molecule has 0 bridgehead atoms. The number of halogens is 1. The lowest BCUT2D eigenvalue weighted by Crippen LogP contribution is -2.46. The molecule has 142 valence electrons. The number of thiophene rings is 1. The Kier molecular flexibility index (Phi) is 6.13. The van der Waals surface area contributed by atoms with Gasteiger partial charge in [0, 0.05) is 15.5 Å². The summed E-state index contributed by atoms with van der Waals surface area (Å²) in [5, 5.41) is 2.91. The van der Waals surface area contributed by atoms with Crippen molar-refractivity contribution in [3.05, 3.63) is 56.2 Å². The predicted molar refractivity (Wildman–Crippen MR) is 105 cm³/mol. The highest BCUT2D eigenvalue weighted by Gasteiger charge is 2.21. The van der Waals surface area contributed by atoms with Crippen LogP contribution in [0.3, 0.4) is 0 Å². The van der Waals surface area contributed by atoms with Gasteiger partial charge in [0.05, 0.1) is 11.4 Å². The first-order chi connectivity index (χ1) is 12.9. The highest BCUT2D eigenvalue weighted by molar-refractivity contribution is 7.14. The maximum Gasteiger partial charge on any atom is 0.279 e. The summed E-state index contributed by atoms with van der Waals surface area (Å²) in [7, 11) is 0. The Morgan fingerprint density at radius 1 is 1.19 bits per heavy atom. The minimum Gasteiger partial charge on any atom is -0.343 e. The van der Waals surface area contributed by atoms with E-state index in [2.05, 4.69) is 23.1 Å². The summed E-state index contributed by atoms with van der Waals surface area (Å²) >= 11 is 7.30. The normalized spacial score (nSPS) is 15.6. The zero-order valence-corrected chi connectivity index (χ0v) is 16.4. The molecule has 27 heavy (non-hydrogen) atoms. The molecule has 1 aromatic carbocycles. The SMILES string of the molecule is CC1CCc2sc(C(=O)NNC(=O)CNC(=O)c3cccc(Cl)c3)cc2C1. The van der Waals surface area contributed by atoms with Crippen LogP contribution in [0, 0.1) is 5.92 Å². The maximum atomic E-state index is 12.2. The van der Waals surface area contributed by atoms with Crippen molar-refractivity contribution < 1.29 is 14.4 Å². The molecule has 0 saturated carbocycles. The van der Waals surface area contributed by atoms with Crippen molar-refractivity contribution in [1.82, 2.24) is 16.2 Å². The van der Waals surface area contributed by atoms with Gasteiger partial charge in [0.25, 0.3) is 17.7 Å². The van der Waals surface area contributed by atoms with Crippen LogP contribution in [0.25, 0.3) is 0 Å². The highest BCUT2D eigenvalue weighted by atomic mass is 35.5. The van der Waals surface area contributed by atoms with E-state index in [1.165, 1.54) is 27.8 Å². The van der Waals surface area contributed by atoms with E-state index in [0.717, 1.165) is 19.3 Å². The molecule has 3 N–H and O–H groups in total. The number of hydrogen-bond acceptors (Lipinski definition) is 4. The van der Waals surface area contributed by atoms with Gasteiger partial charge < -0.3 is 5.32 Å². The number of hydrogen-bond donors (Lipinski definition) is 3. The molecule has 0 radical (unpaired) electrons. The molecule has 1 heterocycles. The summed E-state index contributed by atoms with van der Waals surface area (Å²) in [5.41, 5.74) is 6.29. The number of carbonyl (C=O) groups is 3. The van der Waals surface area contributed by atoms with Gasteiger partial charge in [0.15, 0.2) is 0 Å². The van der Waals surface area contributed by atoms with Crippen LogP contribution in [0.4, 0.5) is 0 Å². The molecule has 1 unspecified atom stereocenters. The number of carbonyl (C=O) groups excluding carboxylic acids is 3. The molecular weight excluding hydrogens is 386 g/mol. The van der Waals surface area contributed by atoms with Crippen molar-refractivity contribution in [2.75, 3.05) is 6.54 Å². The number of aryl methyl sites for hydroxylation is 1. The van der Waals surface area contributed by atoms with Gasteiger partial charge in [-0.25, -0.2) is 0 Å². The quantitative estimate of drug-likeness (QED) is 0.683. The second-order valence-corrected chi connectivity index (χ2v) is 8.18. The predicted octanol–water partition coefficient (Wildman–Crippen LogP) is 2.72. The Bertz CT molecular complexity index is 881. The first kappa shape index (κ1) is 19.4. The van der Waals surface area contributed by atoms with E-state index in [1.807, 2.05) is 6.07 Å². The number of amides is 3. The Morgan fingerprint density at radius 3 is 2.78 bits per heavy atom. The molecule has 3 amide bonds. The number of nitrogens with one attached hydrogen (secondary N) is 3. The smallest absolute Gasteiger partial charge is 0.279 e. The highest BCUT2D eigenvalue weighted by Crippen LogP contribution is 2.32. The van der Waals surface area contributed by atoms with Crippen molar-refractivity contribution in [1.29, 1.82) is 0 Å². The van der Waals surface area contributed by atoms with Gasteiger partial charge >= 0.3 is 0 Å². The molecule has 1 atom stereocenters. The van der Waals surface area contributed by atoms with Crippen molar-refractivity contribution in [2.45, 2.75) is 26.2 Å². The molecule has 0 fully saturated rings. The topological polar surface area (TPSA) is 87.3 Å². The molecule has 1 aliphatic rings. The summed E-state index contributed by atoms with van der Waals surface area (Å²) in [6.07, 6.45) is 3.12. The average Bonchev–Trinajstić information content (AvgIpc) is 3.07. The van der Waals surface area contributed by atoms with Crippen LogP contribution in [0.15, 0.2) is 30.3 Å².